The van der Waals surface area contributed by atoms with E-state index in [9.17, 15) is 14.7 Å². The predicted molar refractivity (Wildman–Crippen MR) is 23.1 cm³/mol. The monoisotopic (exact) mass is 172 g/mol. The van der Waals surface area contributed by atoms with Crippen molar-refractivity contribution >= 4 is 11.9 Å². The molecule has 1 N–H and O–H groups in total. The SMILES string of the molecule is O=C([O-])C(=O)OCCO.[K+]. The maximum atomic E-state index is 9.91. The van der Waals surface area contributed by atoms with Crippen LogP contribution >= 0.6 is 0 Å². The largest absolute Gasteiger partial charge is 1.00 e. The molecule has 0 atom stereocenters. The summed E-state index contributed by atoms with van der Waals surface area (Å²) >= 11 is 0. The van der Waals surface area contributed by atoms with E-state index < -0.39 is 11.9 Å². The van der Waals surface area contributed by atoms with E-state index in [-0.39, 0.29) is 64.6 Å². The van der Waals surface area contributed by atoms with Crippen LogP contribution in [-0.2, 0) is 14.3 Å². The molecule has 0 heterocycles. The zero-order chi connectivity index (χ0) is 7.28. The average molecular weight is 172 g/mol. The zero-order valence-electron chi connectivity index (χ0n) is 5.49. The Hall–Kier alpha value is 0.536. The number of aliphatic hydroxyl groups excluding tert-OH is 1. The van der Waals surface area contributed by atoms with Crippen molar-refractivity contribution in [3.63, 3.8) is 0 Å². The molecule has 0 aliphatic carbocycles. The average Bonchev–Trinajstić information content (AvgIpc) is 1.82. The van der Waals surface area contributed by atoms with Crippen LogP contribution in [0.25, 0.3) is 0 Å². The van der Waals surface area contributed by atoms with Gasteiger partial charge >= 0.3 is 57.4 Å². The third-order valence-electron chi connectivity index (χ3n) is 0.491. The molecule has 52 valence electrons. The minimum absolute atomic E-state index is 0. The minimum atomic E-state index is -1.90. The molecule has 10 heavy (non-hydrogen) atoms. The van der Waals surface area contributed by atoms with Crippen LogP contribution < -0.4 is 56.5 Å². The third-order valence-corrected chi connectivity index (χ3v) is 0.491. The van der Waals surface area contributed by atoms with Crippen LogP contribution in [0.1, 0.15) is 0 Å². The quantitative estimate of drug-likeness (QED) is 0.255. The second kappa shape index (κ2) is 7.64. The van der Waals surface area contributed by atoms with Crippen molar-refractivity contribution in [1.82, 2.24) is 0 Å². The van der Waals surface area contributed by atoms with Gasteiger partial charge in [-0.3, -0.25) is 0 Å². The van der Waals surface area contributed by atoms with E-state index >= 15 is 0 Å². The van der Waals surface area contributed by atoms with Crippen molar-refractivity contribution in [3.8, 4) is 0 Å². The van der Waals surface area contributed by atoms with Crippen LogP contribution in [0.5, 0.6) is 0 Å². The van der Waals surface area contributed by atoms with Gasteiger partial charge in [-0.15, -0.1) is 0 Å². The summed E-state index contributed by atoms with van der Waals surface area (Å²) < 4.78 is 3.90. The number of aliphatic hydroxyl groups is 1. The molecule has 5 nitrogen and oxygen atoms in total. The van der Waals surface area contributed by atoms with Gasteiger partial charge in [0.1, 0.15) is 6.61 Å². The van der Waals surface area contributed by atoms with Gasteiger partial charge < -0.3 is 19.7 Å². The first kappa shape index (κ1) is 13.1. The smallest absolute Gasteiger partial charge is 0.539 e. The van der Waals surface area contributed by atoms with Gasteiger partial charge in [0.2, 0.25) is 0 Å². The number of carboxylic acids is 1. The van der Waals surface area contributed by atoms with Crippen LogP contribution in [0.15, 0.2) is 0 Å². The third kappa shape index (κ3) is 6.65. The summed E-state index contributed by atoms with van der Waals surface area (Å²) in [4.78, 5) is 19.4. The minimum Gasteiger partial charge on any atom is -0.539 e. The molecule has 0 aliphatic heterocycles. The van der Waals surface area contributed by atoms with Crippen LogP contribution in [-0.4, -0.2) is 30.3 Å². The summed E-state index contributed by atoms with van der Waals surface area (Å²) in [6.45, 7) is -0.703. The Morgan fingerprint density at radius 2 is 2.00 bits per heavy atom. The topological polar surface area (TPSA) is 86.7 Å². The molecule has 0 aromatic heterocycles. The van der Waals surface area contributed by atoms with Crippen molar-refractivity contribution in [2.24, 2.45) is 0 Å². The fourth-order valence-electron chi connectivity index (χ4n) is 0.197. The molecule has 0 spiro atoms. The van der Waals surface area contributed by atoms with Gasteiger partial charge in [0.15, 0.2) is 5.97 Å². The van der Waals surface area contributed by atoms with Crippen LogP contribution in [0.2, 0.25) is 0 Å². The van der Waals surface area contributed by atoms with Crippen molar-refractivity contribution < 1.29 is 75.9 Å². The first-order valence-corrected chi connectivity index (χ1v) is 2.17. The van der Waals surface area contributed by atoms with E-state index in [1.54, 1.807) is 0 Å². The second-order valence-corrected chi connectivity index (χ2v) is 1.15. The van der Waals surface area contributed by atoms with Crippen molar-refractivity contribution in [2.45, 2.75) is 0 Å². The molecule has 6 heteroatoms. The van der Waals surface area contributed by atoms with Gasteiger partial charge in [-0.05, 0) is 0 Å². The van der Waals surface area contributed by atoms with Gasteiger partial charge in [0, 0.05) is 0 Å². The number of carbonyl (C=O) groups is 2. The first-order chi connectivity index (χ1) is 4.18. The molecule has 0 radical (unpaired) electrons. The standard InChI is InChI=1S/C4H6O5.K/c5-1-2-9-4(8)3(6)7;/h5H,1-2H2,(H,6,7);/q;+1/p-1. The summed E-state index contributed by atoms with van der Waals surface area (Å²) in [5.74, 6) is -3.35. The number of carbonyl (C=O) groups excluding carboxylic acids is 2. The second-order valence-electron chi connectivity index (χ2n) is 1.15. The van der Waals surface area contributed by atoms with E-state index in [2.05, 4.69) is 4.74 Å². The predicted octanol–water partition coefficient (Wildman–Crippen LogP) is -5.72. The number of esters is 1. The molecule has 0 fully saturated rings. The zero-order valence-corrected chi connectivity index (χ0v) is 8.62. The molecule has 0 unspecified atom stereocenters. The molecule has 0 aromatic carbocycles. The van der Waals surface area contributed by atoms with Crippen molar-refractivity contribution in [2.75, 3.05) is 13.2 Å². The van der Waals surface area contributed by atoms with Gasteiger partial charge in [0.25, 0.3) is 0 Å². The maximum Gasteiger partial charge on any atom is 1.00 e. The Morgan fingerprint density at radius 3 is 2.30 bits per heavy atom. The Morgan fingerprint density at radius 1 is 1.50 bits per heavy atom. The molecular formula is C4H5KO5. The molecule has 0 bridgehead atoms. The number of rotatable bonds is 2. The molecule has 0 saturated heterocycles. The fourth-order valence-corrected chi connectivity index (χ4v) is 0.197. The van der Waals surface area contributed by atoms with E-state index in [1.807, 2.05) is 0 Å². The Bertz CT molecular complexity index is 123. The molecular weight excluding hydrogens is 167 g/mol. The van der Waals surface area contributed by atoms with Crippen molar-refractivity contribution in [3.05, 3.63) is 0 Å². The maximum absolute atomic E-state index is 9.91. The van der Waals surface area contributed by atoms with E-state index in [1.165, 1.54) is 0 Å². The summed E-state index contributed by atoms with van der Waals surface area (Å²) in [6, 6.07) is 0. The van der Waals surface area contributed by atoms with E-state index in [0.717, 1.165) is 0 Å². The van der Waals surface area contributed by atoms with E-state index in [0.29, 0.717) is 0 Å². The Kier molecular flexibility index (Phi) is 10.0. The number of carboxylic acid groups (broad SMARTS) is 1. The summed E-state index contributed by atoms with van der Waals surface area (Å²) in [7, 11) is 0. The summed E-state index contributed by atoms with van der Waals surface area (Å²) in [5.41, 5.74) is 0. The van der Waals surface area contributed by atoms with Gasteiger partial charge in [-0.1, -0.05) is 0 Å². The molecule has 0 aromatic rings. The fraction of sp³-hybridized carbons (Fsp3) is 0.500. The first-order valence-electron chi connectivity index (χ1n) is 2.17. The number of hydrogen-bond donors (Lipinski definition) is 1. The summed E-state index contributed by atoms with van der Waals surface area (Å²) in [5, 5.41) is 17.5. The van der Waals surface area contributed by atoms with Crippen LogP contribution in [0.3, 0.4) is 0 Å². The van der Waals surface area contributed by atoms with Gasteiger partial charge in [-0.25, -0.2) is 4.79 Å². The number of hydrogen-bond acceptors (Lipinski definition) is 5. The Labute approximate surface area is 99.8 Å². The molecule has 0 aliphatic rings. The summed E-state index contributed by atoms with van der Waals surface area (Å²) in [6.07, 6.45) is 0. The van der Waals surface area contributed by atoms with Gasteiger partial charge in [0.05, 0.1) is 6.61 Å². The van der Waals surface area contributed by atoms with Gasteiger partial charge in [-0.2, -0.15) is 0 Å². The number of ether oxygens (including phenoxy) is 1. The van der Waals surface area contributed by atoms with E-state index in [4.69, 9.17) is 5.11 Å². The molecule has 0 saturated carbocycles. The molecule has 0 rings (SSSR count). The van der Waals surface area contributed by atoms with Crippen LogP contribution in [0.4, 0.5) is 0 Å². The van der Waals surface area contributed by atoms with Crippen molar-refractivity contribution in [1.29, 1.82) is 0 Å². The number of aliphatic carboxylic acids is 1. The van der Waals surface area contributed by atoms with Crippen LogP contribution in [0, 0.1) is 0 Å². The Balaban J connectivity index is 0. The molecule has 0 amide bonds. The normalized spacial score (nSPS) is 7.70.